The van der Waals surface area contributed by atoms with Crippen molar-refractivity contribution in [3.63, 3.8) is 0 Å². The fourth-order valence-electron chi connectivity index (χ4n) is 6.60. The van der Waals surface area contributed by atoms with Gasteiger partial charge in [0.15, 0.2) is 23.3 Å². The van der Waals surface area contributed by atoms with Crippen LogP contribution in [0.15, 0.2) is 48.6 Å². The van der Waals surface area contributed by atoms with E-state index < -0.39 is 34.9 Å². The number of benzene rings is 3. The normalized spacial score (nSPS) is 28.0. The number of aliphatic hydroxyl groups is 1. The first kappa shape index (κ1) is 23.7. The Kier molecular flexibility index (Phi) is 4.75. The largest absolute Gasteiger partial charge is 0.507 e. The molecule has 1 saturated heterocycles. The van der Waals surface area contributed by atoms with Crippen LogP contribution in [0.4, 0.5) is 5.69 Å². The number of ether oxygens (including phenoxy) is 1. The summed E-state index contributed by atoms with van der Waals surface area (Å²) in [5.41, 5.74) is 5.51. The summed E-state index contributed by atoms with van der Waals surface area (Å²) in [6.07, 6.45) is 1.88. The SMILES string of the molecule is CC(C)[C@@]12O[C@]13c1cc(O)c4c(c1N[C@H]2C#C/C=C\C#C[C@H]3O)C(=O)c1cc2ccc(CN)cc2cc1C4=O. The van der Waals surface area contributed by atoms with Crippen molar-refractivity contribution in [3.05, 3.63) is 81.9 Å². The van der Waals surface area contributed by atoms with E-state index in [0.29, 0.717) is 17.8 Å². The van der Waals surface area contributed by atoms with Crippen molar-refractivity contribution in [1.82, 2.24) is 0 Å². The lowest BCUT2D eigenvalue weighted by Crippen LogP contribution is -2.52. The number of epoxide rings is 1. The van der Waals surface area contributed by atoms with Crippen LogP contribution in [0.2, 0.25) is 0 Å². The van der Waals surface area contributed by atoms with Gasteiger partial charge in [0.2, 0.25) is 0 Å². The number of hydrogen-bond donors (Lipinski definition) is 4. The molecule has 7 nitrogen and oxygen atoms in total. The van der Waals surface area contributed by atoms with Crippen molar-refractivity contribution >= 4 is 28.0 Å². The lowest BCUT2D eigenvalue weighted by atomic mass is 9.67. The Bertz CT molecular complexity index is 1830. The summed E-state index contributed by atoms with van der Waals surface area (Å²) in [4.78, 5) is 28.0. The van der Waals surface area contributed by atoms with Crippen LogP contribution in [0.5, 0.6) is 5.75 Å². The van der Waals surface area contributed by atoms with Crippen molar-refractivity contribution in [1.29, 1.82) is 0 Å². The Morgan fingerprint density at radius 1 is 1.00 bits per heavy atom. The van der Waals surface area contributed by atoms with Crippen LogP contribution in [0.1, 0.15) is 56.8 Å². The van der Waals surface area contributed by atoms with Crippen LogP contribution >= 0.6 is 0 Å². The highest BCUT2D eigenvalue weighted by atomic mass is 16.6. The van der Waals surface area contributed by atoms with Crippen LogP contribution in [-0.2, 0) is 16.9 Å². The second-order valence-corrected chi connectivity index (χ2v) is 10.7. The molecule has 0 aromatic heterocycles. The van der Waals surface area contributed by atoms with E-state index in [1.54, 1.807) is 24.3 Å². The van der Waals surface area contributed by atoms with Gasteiger partial charge >= 0.3 is 0 Å². The van der Waals surface area contributed by atoms with Crippen molar-refractivity contribution in [2.75, 3.05) is 5.32 Å². The minimum absolute atomic E-state index is 0.0484. The van der Waals surface area contributed by atoms with Gasteiger partial charge in [-0.25, -0.2) is 0 Å². The topological polar surface area (TPSA) is 125 Å². The van der Waals surface area contributed by atoms with Crippen LogP contribution < -0.4 is 11.1 Å². The summed E-state index contributed by atoms with van der Waals surface area (Å²) >= 11 is 0. The standard InChI is InChI=1S/C32H24N2O5/c1-16(2)31-24-7-5-3-4-6-8-25(36)32(31,39-31)22-14-23(35)26-27(28(22)34-24)30(38)20-12-18-10-9-17(15-33)11-19(18)13-21(20)29(26)37/h3-4,9-14,16,24-25,34-36H,15,33H2,1-2H3/b4-3-/t24-,25+,31-,32-/m0/s1. The van der Waals surface area contributed by atoms with E-state index in [9.17, 15) is 19.8 Å². The maximum Gasteiger partial charge on any atom is 0.198 e. The molecule has 2 bridgehead atoms. The highest BCUT2D eigenvalue weighted by Crippen LogP contribution is 2.68. The molecule has 7 rings (SSSR count). The molecule has 192 valence electrons. The molecule has 7 heteroatoms. The van der Waals surface area contributed by atoms with Gasteiger partial charge in [0.1, 0.15) is 17.4 Å². The van der Waals surface area contributed by atoms with Crippen LogP contribution in [0.25, 0.3) is 10.8 Å². The van der Waals surface area contributed by atoms with Crippen LogP contribution in [0.3, 0.4) is 0 Å². The molecule has 2 aliphatic carbocycles. The monoisotopic (exact) mass is 516 g/mol. The van der Waals surface area contributed by atoms with Gasteiger partial charge in [0, 0.05) is 23.2 Å². The molecule has 1 fully saturated rings. The van der Waals surface area contributed by atoms with E-state index in [0.717, 1.165) is 16.3 Å². The summed E-state index contributed by atoms with van der Waals surface area (Å²) in [5, 5.41) is 27.6. The summed E-state index contributed by atoms with van der Waals surface area (Å²) in [6, 6.07) is 9.84. The second-order valence-electron chi connectivity index (χ2n) is 10.7. The predicted molar refractivity (Wildman–Crippen MR) is 145 cm³/mol. The second kappa shape index (κ2) is 7.81. The number of aromatic hydroxyl groups is 1. The summed E-state index contributed by atoms with van der Waals surface area (Å²) in [5.74, 6) is 10.5. The quantitative estimate of drug-likeness (QED) is 0.183. The maximum atomic E-state index is 14.2. The molecular weight excluding hydrogens is 492 g/mol. The fourth-order valence-corrected chi connectivity index (χ4v) is 6.60. The predicted octanol–water partition coefficient (Wildman–Crippen LogP) is 3.13. The first-order chi connectivity index (χ1) is 18.7. The molecule has 4 aliphatic rings. The fraction of sp³-hybridized carbons (Fsp3) is 0.250. The summed E-state index contributed by atoms with van der Waals surface area (Å²) in [6.45, 7) is 4.28. The zero-order valence-corrected chi connectivity index (χ0v) is 21.3. The van der Waals surface area contributed by atoms with Crippen LogP contribution in [0, 0.1) is 29.6 Å². The molecule has 0 unspecified atom stereocenters. The third-order valence-electron chi connectivity index (χ3n) is 8.45. The number of fused-ring (bicyclic) bond motifs is 5. The van der Waals surface area contributed by atoms with Crippen molar-refractivity contribution < 1.29 is 24.5 Å². The molecule has 3 aromatic carbocycles. The third kappa shape index (κ3) is 2.84. The Balaban J connectivity index is 1.50. The van der Waals surface area contributed by atoms with Gasteiger partial charge in [-0.15, -0.1) is 0 Å². The molecule has 0 spiro atoms. The zero-order valence-electron chi connectivity index (χ0n) is 21.3. The number of phenolic OH excluding ortho intramolecular Hbond substituents is 1. The summed E-state index contributed by atoms with van der Waals surface area (Å²) < 4.78 is 6.44. The highest BCUT2D eigenvalue weighted by Gasteiger charge is 2.81. The number of carbonyl (C=O) groups excluding carboxylic acids is 2. The molecule has 0 amide bonds. The number of nitrogens with two attached hydrogens (primary N) is 1. The number of anilines is 1. The van der Waals surface area contributed by atoms with Gasteiger partial charge < -0.3 is 26.0 Å². The first-order valence-corrected chi connectivity index (χ1v) is 12.8. The molecule has 2 heterocycles. The first-order valence-electron chi connectivity index (χ1n) is 12.8. The Morgan fingerprint density at radius 2 is 1.69 bits per heavy atom. The molecule has 39 heavy (non-hydrogen) atoms. The van der Waals surface area contributed by atoms with Gasteiger partial charge in [0.25, 0.3) is 0 Å². The maximum absolute atomic E-state index is 14.2. The smallest absolute Gasteiger partial charge is 0.198 e. The molecule has 4 atom stereocenters. The number of allylic oxidation sites excluding steroid dienone is 2. The van der Waals surface area contributed by atoms with E-state index in [2.05, 4.69) is 29.0 Å². The third-order valence-corrected chi connectivity index (χ3v) is 8.45. The van der Waals surface area contributed by atoms with Crippen molar-refractivity contribution in [2.45, 2.75) is 43.7 Å². The summed E-state index contributed by atoms with van der Waals surface area (Å²) in [7, 11) is 0. The van der Waals surface area contributed by atoms with Gasteiger partial charge in [-0.05, 0) is 58.7 Å². The minimum atomic E-state index is -1.35. The van der Waals surface area contributed by atoms with E-state index in [-0.39, 0.29) is 33.9 Å². The molecule has 3 aromatic rings. The van der Waals surface area contributed by atoms with Crippen LogP contribution in [-0.4, -0.2) is 39.5 Å². The lowest BCUT2D eigenvalue weighted by Gasteiger charge is -2.38. The van der Waals surface area contributed by atoms with E-state index in [1.807, 2.05) is 32.0 Å². The average Bonchev–Trinajstić information content (AvgIpc) is 3.66. The minimum Gasteiger partial charge on any atom is -0.507 e. The van der Waals surface area contributed by atoms with Crippen molar-refractivity contribution in [2.24, 2.45) is 11.7 Å². The van der Waals surface area contributed by atoms with Crippen molar-refractivity contribution in [3.8, 4) is 29.4 Å². The van der Waals surface area contributed by atoms with E-state index in [4.69, 9.17) is 10.5 Å². The van der Waals surface area contributed by atoms with E-state index in [1.165, 1.54) is 6.07 Å². The van der Waals surface area contributed by atoms with Gasteiger partial charge in [-0.2, -0.15) is 0 Å². The molecule has 5 N–H and O–H groups in total. The van der Waals surface area contributed by atoms with E-state index >= 15 is 0 Å². The molecule has 2 aliphatic heterocycles. The van der Waals surface area contributed by atoms with Gasteiger partial charge in [0.05, 0.1) is 16.8 Å². The number of rotatable bonds is 2. The number of hydrogen-bond acceptors (Lipinski definition) is 7. The zero-order chi connectivity index (χ0) is 27.3. The number of phenols is 1. The lowest BCUT2D eigenvalue weighted by molar-refractivity contribution is 0.0975. The highest BCUT2D eigenvalue weighted by molar-refractivity contribution is 6.32. The van der Waals surface area contributed by atoms with Gasteiger partial charge in [-0.1, -0.05) is 49.7 Å². The molecule has 0 saturated carbocycles. The molecular formula is C32H24N2O5. The number of aliphatic hydroxyl groups excluding tert-OH is 1. The molecule has 0 radical (unpaired) electrons. The Morgan fingerprint density at radius 3 is 2.41 bits per heavy atom. The van der Waals surface area contributed by atoms with Gasteiger partial charge in [-0.3, -0.25) is 9.59 Å². The number of nitrogens with one attached hydrogen (secondary N) is 1. The number of carbonyl (C=O) groups is 2. The Labute approximate surface area is 224 Å². The Hall–Kier alpha value is -4.40. The number of ketones is 2. The average molecular weight is 517 g/mol.